The molecule has 0 saturated carbocycles. The van der Waals surface area contributed by atoms with Gasteiger partial charge in [-0.2, -0.15) is 0 Å². The molecule has 0 radical (unpaired) electrons. The first-order valence-electron chi connectivity index (χ1n) is 19.5. The van der Waals surface area contributed by atoms with Gasteiger partial charge in [0.15, 0.2) is 5.82 Å². The van der Waals surface area contributed by atoms with E-state index in [0.29, 0.717) is 5.82 Å². The highest BCUT2D eigenvalue weighted by molar-refractivity contribution is 7.25. The minimum Gasteiger partial charge on any atom is -0.228 e. The zero-order valence-electron chi connectivity index (χ0n) is 31.4. The molecule has 1 atom stereocenters. The molecule has 11 rings (SSSR count). The molecule has 1 unspecified atom stereocenters. The van der Waals surface area contributed by atoms with Crippen LogP contribution in [0.1, 0.15) is 23.6 Å². The molecule has 2 aromatic heterocycles. The van der Waals surface area contributed by atoms with E-state index in [-0.39, 0.29) is 5.41 Å². The van der Waals surface area contributed by atoms with Gasteiger partial charge in [-0.1, -0.05) is 170 Å². The molecule has 2 nitrogen and oxygen atoms in total. The van der Waals surface area contributed by atoms with E-state index >= 15 is 0 Å². The lowest BCUT2D eigenvalue weighted by Gasteiger charge is -2.28. The zero-order valence-corrected chi connectivity index (χ0v) is 32.2. The van der Waals surface area contributed by atoms with Crippen molar-refractivity contribution in [3.63, 3.8) is 0 Å². The standard InChI is InChI=1S/C54H36N2S/c1-54(41-18-6-3-7-19-41)46-23-10-8-21-44(46)52-42(22-13-24-47(52)54)39-16-12-17-40(32-39)49-34-48(55-53(56-49)37-14-4-2-5-15-37)36-28-26-35(27-29-36)38-30-31-51-45(33-38)43-20-9-11-25-50(43)57-51/h2-34H,1H3. The molecule has 0 amide bonds. The number of rotatable bonds is 6. The second-order valence-corrected chi connectivity index (χ2v) is 16.1. The Morgan fingerprint density at radius 3 is 1.82 bits per heavy atom. The van der Waals surface area contributed by atoms with Crippen LogP contribution in [0.25, 0.3) is 87.5 Å². The largest absolute Gasteiger partial charge is 0.228 e. The first kappa shape index (κ1) is 33.4. The highest BCUT2D eigenvalue weighted by Gasteiger charge is 2.41. The highest BCUT2D eigenvalue weighted by Crippen LogP contribution is 2.55. The predicted octanol–water partition coefficient (Wildman–Crippen LogP) is 14.5. The summed E-state index contributed by atoms with van der Waals surface area (Å²) in [7, 11) is 0. The van der Waals surface area contributed by atoms with E-state index in [4.69, 9.17) is 9.97 Å². The fourth-order valence-electron chi connectivity index (χ4n) is 8.91. The lowest BCUT2D eigenvalue weighted by Crippen LogP contribution is -2.22. The normalized spacial score (nSPS) is 14.5. The maximum Gasteiger partial charge on any atom is 0.160 e. The molecule has 0 N–H and O–H groups in total. The van der Waals surface area contributed by atoms with Gasteiger partial charge >= 0.3 is 0 Å². The number of hydrogen-bond acceptors (Lipinski definition) is 3. The molecule has 0 bridgehead atoms. The van der Waals surface area contributed by atoms with Crippen molar-refractivity contribution in [2.24, 2.45) is 0 Å². The first-order chi connectivity index (χ1) is 28.1. The van der Waals surface area contributed by atoms with Crippen molar-refractivity contribution in [3.05, 3.63) is 217 Å². The summed E-state index contributed by atoms with van der Waals surface area (Å²) < 4.78 is 2.64. The van der Waals surface area contributed by atoms with Gasteiger partial charge in [-0.15, -0.1) is 11.3 Å². The summed E-state index contributed by atoms with van der Waals surface area (Å²) in [5.41, 5.74) is 16.0. The third kappa shape index (κ3) is 5.54. The second kappa shape index (κ2) is 13.4. The Labute approximate surface area is 336 Å². The van der Waals surface area contributed by atoms with E-state index in [2.05, 4.69) is 189 Å². The summed E-state index contributed by atoms with van der Waals surface area (Å²) in [4.78, 5) is 10.4. The summed E-state index contributed by atoms with van der Waals surface area (Å²) in [6.45, 7) is 2.37. The van der Waals surface area contributed by atoms with Crippen molar-refractivity contribution in [3.8, 4) is 67.3 Å². The number of hydrogen-bond donors (Lipinski definition) is 0. The topological polar surface area (TPSA) is 25.8 Å². The van der Waals surface area contributed by atoms with Gasteiger partial charge in [0.1, 0.15) is 0 Å². The van der Waals surface area contributed by atoms with E-state index < -0.39 is 0 Å². The highest BCUT2D eigenvalue weighted by atomic mass is 32.1. The average Bonchev–Trinajstić information content (AvgIpc) is 3.80. The zero-order chi connectivity index (χ0) is 37.9. The number of nitrogens with zero attached hydrogens (tertiary/aromatic N) is 2. The lowest BCUT2D eigenvalue weighted by molar-refractivity contribution is 0.714. The lowest BCUT2D eigenvalue weighted by atomic mass is 9.74. The van der Waals surface area contributed by atoms with Crippen LogP contribution < -0.4 is 0 Å². The van der Waals surface area contributed by atoms with Gasteiger partial charge in [0.05, 0.1) is 11.4 Å². The van der Waals surface area contributed by atoms with Crippen molar-refractivity contribution < 1.29 is 0 Å². The molecule has 1 aliphatic carbocycles. The van der Waals surface area contributed by atoms with Gasteiger partial charge in [-0.3, -0.25) is 0 Å². The quantitative estimate of drug-likeness (QED) is 0.169. The minimum absolute atomic E-state index is 0.256. The monoisotopic (exact) mass is 744 g/mol. The van der Waals surface area contributed by atoms with Crippen LogP contribution in [-0.4, -0.2) is 9.97 Å². The molecular weight excluding hydrogens is 709 g/mol. The predicted molar refractivity (Wildman–Crippen MR) is 240 cm³/mol. The fraction of sp³-hybridized carbons (Fsp3) is 0.0370. The van der Waals surface area contributed by atoms with Crippen LogP contribution in [0.3, 0.4) is 0 Å². The number of fused-ring (bicyclic) bond motifs is 6. The van der Waals surface area contributed by atoms with Gasteiger partial charge in [-0.25, -0.2) is 9.97 Å². The van der Waals surface area contributed by atoms with Crippen LogP contribution in [0.2, 0.25) is 0 Å². The molecule has 0 fully saturated rings. The van der Waals surface area contributed by atoms with Crippen LogP contribution in [0.4, 0.5) is 0 Å². The van der Waals surface area contributed by atoms with E-state index in [0.717, 1.165) is 33.6 Å². The van der Waals surface area contributed by atoms with Crippen molar-refractivity contribution in [1.82, 2.24) is 9.97 Å². The fourth-order valence-corrected chi connectivity index (χ4v) is 10.00. The van der Waals surface area contributed by atoms with E-state index in [1.54, 1.807) is 0 Å². The van der Waals surface area contributed by atoms with Crippen molar-refractivity contribution in [2.75, 3.05) is 0 Å². The van der Waals surface area contributed by atoms with Crippen molar-refractivity contribution in [1.29, 1.82) is 0 Å². The Bertz CT molecular complexity index is 3130. The molecule has 10 aromatic rings. The average molecular weight is 745 g/mol. The Balaban J connectivity index is 1.01. The molecule has 3 heteroatoms. The van der Waals surface area contributed by atoms with Gasteiger partial charge in [0.25, 0.3) is 0 Å². The summed E-state index contributed by atoms with van der Waals surface area (Å²) in [6, 6.07) is 72.2. The van der Waals surface area contributed by atoms with Crippen LogP contribution in [-0.2, 0) is 5.41 Å². The first-order valence-corrected chi connectivity index (χ1v) is 20.3. The molecule has 2 heterocycles. The molecule has 0 aliphatic heterocycles. The Hall–Kier alpha value is -6.94. The van der Waals surface area contributed by atoms with Crippen LogP contribution in [0.15, 0.2) is 200 Å². The number of thiophene rings is 1. The third-order valence-electron chi connectivity index (χ3n) is 11.8. The summed E-state index contributed by atoms with van der Waals surface area (Å²) in [5.74, 6) is 0.709. The van der Waals surface area contributed by atoms with Crippen molar-refractivity contribution in [2.45, 2.75) is 12.3 Å². The minimum atomic E-state index is -0.256. The maximum atomic E-state index is 5.21. The molecule has 0 saturated heterocycles. The Morgan fingerprint density at radius 1 is 0.386 bits per heavy atom. The van der Waals surface area contributed by atoms with E-state index in [1.807, 2.05) is 29.5 Å². The third-order valence-corrected chi connectivity index (χ3v) is 13.0. The summed E-state index contributed by atoms with van der Waals surface area (Å²) in [5, 5.41) is 2.62. The SMILES string of the molecule is CC1(c2ccccc2)c2ccccc2-c2c(-c3cccc(-c4cc(-c5ccc(-c6ccc7sc8ccccc8c7c6)cc5)nc(-c5ccccc5)n4)c3)cccc21. The smallest absolute Gasteiger partial charge is 0.160 e. The number of benzene rings is 8. The van der Waals surface area contributed by atoms with E-state index in [9.17, 15) is 0 Å². The van der Waals surface area contributed by atoms with E-state index in [1.165, 1.54) is 64.7 Å². The van der Waals surface area contributed by atoms with Crippen LogP contribution in [0, 0.1) is 0 Å². The Morgan fingerprint density at radius 2 is 0.982 bits per heavy atom. The van der Waals surface area contributed by atoms with Gasteiger partial charge in [0.2, 0.25) is 0 Å². The van der Waals surface area contributed by atoms with Gasteiger partial charge < -0.3 is 0 Å². The van der Waals surface area contributed by atoms with Gasteiger partial charge in [-0.05, 0) is 87.3 Å². The molecule has 0 spiro atoms. The van der Waals surface area contributed by atoms with Crippen LogP contribution in [0.5, 0.6) is 0 Å². The number of aromatic nitrogens is 2. The summed E-state index contributed by atoms with van der Waals surface area (Å²) in [6.07, 6.45) is 0. The molecule has 268 valence electrons. The van der Waals surface area contributed by atoms with Crippen LogP contribution >= 0.6 is 11.3 Å². The van der Waals surface area contributed by atoms with Gasteiger partial charge in [0, 0.05) is 42.3 Å². The molecule has 8 aromatic carbocycles. The maximum absolute atomic E-state index is 5.21. The Kier molecular flexibility index (Phi) is 7.84. The molecule has 1 aliphatic rings. The molecular formula is C54H36N2S. The molecule has 57 heavy (non-hydrogen) atoms. The summed E-state index contributed by atoms with van der Waals surface area (Å²) >= 11 is 1.85. The second-order valence-electron chi connectivity index (χ2n) is 15.1. The van der Waals surface area contributed by atoms with Crippen molar-refractivity contribution >= 4 is 31.5 Å².